The molecule has 136 valence electrons. The standard InChI is InChI=1S/2C7H7NO2.H2O4S/c2*8-6-3-1-5(2-4-6)7(9)10;1-5(2,3)4/h2*1-4H,8H2,(H,9,10);(H2,1,2,3,4). The third-order valence-corrected chi connectivity index (χ3v) is 2.40. The molecule has 0 spiro atoms. The highest BCUT2D eigenvalue weighted by molar-refractivity contribution is 7.79. The molecule has 0 heterocycles. The quantitative estimate of drug-likeness (QED) is 0.385. The predicted octanol–water partition coefficient (Wildman–Crippen LogP) is -0.822. The average molecular weight is 372 g/mol. The van der Waals surface area contributed by atoms with Crippen molar-refractivity contribution >= 4 is 33.7 Å². The van der Waals surface area contributed by atoms with Crippen LogP contribution in [0.1, 0.15) is 20.7 Å². The van der Waals surface area contributed by atoms with E-state index in [0.717, 1.165) is 11.4 Å². The highest BCUT2D eigenvalue weighted by Crippen LogP contribution is 2.03. The Balaban J connectivity index is 0.000000368. The molecule has 8 N–H and O–H groups in total. The summed E-state index contributed by atoms with van der Waals surface area (Å²) >= 11 is 0. The zero-order chi connectivity index (χ0) is 19.6. The van der Waals surface area contributed by atoms with Crippen molar-refractivity contribution in [1.29, 1.82) is 0 Å². The SMILES string of the molecule is O=S(=O)([O-])[O-].[NH3+]c1ccc(C(=O)O)cc1.[NH3+]c1ccc(C(=O)O)cc1. The Labute approximate surface area is 142 Å². The molecular formula is C14H16N2O8S. The van der Waals surface area contributed by atoms with Crippen molar-refractivity contribution < 1.29 is 48.8 Å². The molecule has 0 atom stereocenters. The van der Waals surface area contributed by atoms with Gasteiger partial charge in [0.1, 0.15) is 11.4 Å². The highest BCUT2D eigenvalue weighted by Gasteiger charge is 2.00. The van der Waals surface area contributed by atoms with Crippen LogP contribution in [0.15, 0.2) is 48.5 Å². The van der Waals surface area contributed by atoms with Crippen LogP contribution in [-0.2, 0) is 10.4 Å². The monoisotopic (exact) mass is 372 g/mol. The first-order valence-corrected chi connectivity index (χ1v) is 7.71. The van der Waals surface area contributed by atoms with Crippen LogP contribution in [-0.4, -0.2) is 39.7 Å². The van der Waals surface area contributed by atoms with Gasteiger partial charge < -0.3 is 30.8 Å². The van der Waals surface area contributed by atoms with Gasteiger partial charge in [0, 0.05) is 10.4 Å². The summed E-state index contributed by atoms with van der Waals surface area (Å²) in [6, 6.07) is 12.8. The maximum Gasteiger partial charge on any atom is 0.335 e. The molecule has 0 saturated heterocycles. The Kier molecular flexibility index (Phi) is 8.98. The van der Waals surface area contributed by atoms with Crippen molar-refractivity contribution in [3.8, 4) is 0 Å². The second kappa shape index (κ2) is 10.1. The van der Waals surface area contributed by atoms with E-state index in [-0.39, 0.29) is 0 Å². The number of aromatic carboxylic acids is 2. The van der Waals surface area contributed by atoms with Crippen molar-refractivity contribution in [3.63, 3.8) is 0 Å². The Morgan fingerprint density at radius 1 is 0.720 bits per heavy atom. The molecule has 0 unspecified atom stereocenters. The molecule has 2 rings (SSSR count). The first-order chi connectivity index (χ1) is 11.4. The molecule has 2 aromatic rings. The summed E-state index contributed by atoms with van der Waals surface area (Å²) in [5, 5.41) is 16.9. The van der Waals surface area contributed by atoms with Crippen molar-refractivity contribution in [1.82, 2.24) is 0 Å². The number of benzene rings is 2. The third kappa shape index (κ3) is 12.3. The van der Waals surface area contributed by atoms with Crippen LogP contribution < -0.4 is 11.5 Å². The van der Waals surface area contributed by atoms with Crippen molar-refractivity contribution in [2.24, 2.45) is 0 Å². The number of carbonyl (C=O) groups is 2. The molecule has 10 nitrogen and oxygen atoms in total. The van der Waals surface area contributed by atoms with E-state index in [1.54, 1.807) is 24.3 Å². The van der Waals surface area contributed by atoms with E-state index in [0.29, 0.717) is 11.1 Å². The van der Waals surface area contributed by atoms with Crippen LogP contribution in [0.2, 0.25) is 0 Å². The van der Waals surface area contributed by atoms with Gasteiger partial charge in [0.15, 0.2) is 0 Å². The molecule has 0 radical (unpaired) electrons. The van der Waals surface area contributed by atoms with Gasteiger partial charge in [0.25, 0.3) is 0 Å². The lowest BCUT2D eigenvalue weighted by molar-refractivity contribution is -0.255. The fourth-order valence-electron chi connectivity index (χ4n) is 1.29. The molecule has 0 bridgehead atoms. The summed E-state index contributed by atoms with van der Waals surface area (Å²) < 4.78 is 34.1. The second-order valence-corrected chi connectivity index (χ2v) is 5.23. The lowest BCUT2D eigenvalue weighted by Gasteiger charge is -2.06. The molecule has 0 aromatic heterocycles. The van der Waals surface area contributed by atoms with Gasteiger partial charge in [-0.3, -0.25) is 8.42 Å². The first-order valence-electron chi connectivity index (χ1n) is 6.37. The number of hydrogen-bond donors (Lipinski definition) is 4. The molecule has 0 saturated carbocycles. The minimum Gasteiger partial charge on any atom is -0.759 e. The van der Waals surface area contributed by atoms with Crippen LogP contribution in [0.4, 0.5) is 11.4 Å². The topological polar surface area (TPSA) is 210 Å². The normalized spacial score (nSPS) is 9.76. The average Bonchev–Trinajstić information content (AvgIpc) is 2.47. The van der Waals surface area contributed by atoms with Crippen molar-refractivity contribution in [3.05, 3.63) is 59.7 Å². The lowest BCUT2D eigenvalue weighted by Crippen LogP contribution is -2.39. The number of carboxylic acids is 2. The van der Waals surface area contributed by atoms with Gasteiger partial charge in [0.2, 0.25) is 0 Å². The molecule has 2 aromatic carbocycles. The van der Waals surface area contributed by atoms with Crippen LogP contribution in [0.5, 0.6) is 0 Å². The summed E-state index contributed by atoms with van der Waals surface area (Å²) in [5.41, 5.74) is 9.50. The Hall–Kier alpha value is -2.83. The van der Waals surface area contributed by atoms with Crippen molar-refractivity contribution in [2.75, 3.05) is 0 Å². The largest absolute Gasteiger partial charge is 0.759 e. The number of quaternary nitrogens is 2. The van der Waals surface area contributed by atoms with Gasteiger partial charge in [0.05, 0.1) is 11.1 Å². The summed E-state index contributed by atoms with van der Waals surface area (Å²) in [7, 11) is -5.17. The highest BCUT2D eigenvalue weighted by atomic mass is 32.3. The van der Waals surface area contributed by atoms with E-state index in [9.17, 15) is 9.59 Å². The Morgan fingerprint density at radius 2 is 0.920 bits per heavy atom. The van der Waals surface area contributed by atoms with Crippen LogP contribution >= 0.6 is 0 Å². The maximum absolute atomic E-state index is 10.3. The van der Waals surface area contributed by atoms with Crippen LogP contribution in [0.25, 0.3) is 0 Å². The molecule has 0 fully saturated rings. The fourth-order valence-corrected chi connectivity index (χ4v) is 1.29. The summed E-state index contributed by atoms with van der Waals surface area (Å²) in [6.07, 6.45) is 0. The van der Waals surface area contributed by atoms with E-state index in [1.807, 2.05) is 0 Å². The lowest BCUT2D eigenvalue weighted by atomic mass is 10.2. The summed E-state index contributed by atoms with van der Waals surface area (Å²) in [5.74, 6) is -1.81. The van der Waals surface area contributed by atoms with E-state index in [4.69, 9.17) is 27.7 Å². The van der Waals surface area contributed by atoms with E-state index < -0.39 is 22.3 Å². The van der Waals surface area contributed by atoms with Gasteiger partial charge >= 0.3 is 11.9 Å². The fraction of sp³-hybridized carbons (Fsp3) is 0. The first kappa shape index (κ1) is 22.2. The smallest absolute Gasteiger partial charge is 0.335 e. The predicted molar refractivity (Wildman–Crippen MR) is 82.4 cm³/mol. The molecule has 0 aliphatic carbocycles. The summed E-state index contributed by atoms with van der Waals surface area (Å²) in [6.45, 7) is 0. The van der Waals surface area contributed by atoms with Gasteiger partial charge in [-0.2, -0.15) is 0 Å². The zero-order valence-electron chi connectivity index (χ0n) is 12.8. The number of carboxylic acid groups (broad SMARTS) is 2. The van der Waals surface area contributed by atoms with Gasteiger partial charge in [-0.15, -0.1) is 0 Å². The maximum atomic E-state index is 10.3. The minimum absolute atomic E-state index is 0.299. The summed E-state index contributed by atoms with van der Waals surface area (Å²) in [4.78, 5) is 20.6. The Morgan fingerprint density at radius 3 is 1.08 bits per heavy atom. The van der Waals surface area contributed by atoms with E-state index >= 15 is 0 Å². The number of rotatable bonds is 2. The minimum atomic E-state index is -5.17. The van der Waals surface area contributed by atoms with E-state index in [1.165, 1.54) is 24.3 Å². The molecule has 11 heteroatoms. The van der Waals surface area contributed by atoms with Gasteiger partial charge in [-0.1, -0.05) is 0 Å². The second-order valence-electron chi connectivity index (χ2n) is 4.41. The van der Waals surface area contributed by atoms with E-state index in [2.05, 4.69) is 11.5 Å². The molecule has 0 aliphatic heterocycles. The molecular weight excluding hydrogens is 356 g/mol. The third-order valence-electron chi connectivity index (χ3n) is 2.40. The van der Waals surface area contributed by atoms with Crippen LogP contribution in [0, 0.1) is 0 Å². The molecule has 0 amide bonds. The molecule has 25 heavy (non-hydrogen) atoms. The zero-order valence-corrected chi connectivity index (χ0v) is 13.6. The van der Waals surface area contributed by atoms with Crippen LogP contribution in [0.3, 0.4) is 0 Å². The molecule has 0 aliphatic rings. The van der Waals surface area contributed by atoms with Gasteiger partial charge in [-0.25, -0.2) is 9.59 Å². The number of hydrogen-bond acceptors (Lipinski definition) is 6. The Bertz CT molecular complexity index is 738. The van der Waals surface area contributed by atoms with Gasteiger partial charge in [-0.05, 0) is 48.5 Å². The van der Waals surface area contributed by atoms with Crippen molar-refractivity contribution in [2.45, 2.75) is 0 Å².